The van der Waals surface area contributed by atoms with Gasteiger partial charge in [-0.05, 0) is 18.2 Å². The number of fused-ring (bicyclic) bond motifs is 1. The van der Waals surface area contributed by atoms with Crippen molar-refractivity contribution < 1.29 is 15.0 Å². The summed E-state index contributed by atoms with van der Waals surface area (Å²) >= 11 is 0. The number of aromatic nitrogens is 4. The van der Waals surface area contributed by atoms with Gasteiger partial charge in [-0.2, -0.15) is 10.1 Å². The van der Waals surface area contributed by atoms with E-state index in [1.54, 1.807) is 18.3 Å². The monoisotopic (exact) mass is 271 g/mol. The van der Waals surface area contributed by atoms with Crippen LogP contribution in [0.2, 0.25) is 0 Å². The summed E-state index contributed by atoms with van der Waals surface area (Å²) in [6, 6.07) is 5.45. The molecular formula is C12H9N5O3. The van der Waals surface area contributed by atoms with Crippen LogP contribution in [0.25, 0.3) is 10.9 Å². The Labute approximate surface area is 112 Å². The number of aromatic hydroxyl groups is 1. The zero-order valence-corrected chi connectivity index (χ0v) is 10.0. The van der Waals surface area contributed by atoms with E-state index in [4.69, 9.17) is 5.11 Å². The Balaban J connectivity index is 1.90. The van der Waals surface area contributed by atoms with Crippen LogP contribution in [0.3, 0.4) is 0 Å². The number of benzene rings is 1. The zero-order chi connectivity index (χ0) is 14.1. The van der Waals surface area contributed by atoms with Gasteiger partial charge in [0.15, 0.2) is 0 Å². The molecule has 0 radical (unpaired) electrons. The fourth-order valence-electron chi connectivity index (χ4n) is 1.73. The van der Waals surface area contributed by atoms with Gasteiger partial charge in [0.05, 0.1) is 17.9 Å². The van der Waals surface area contributed by atoms with Gasteiger partial charge in [-0.3, -0.25) is 5.10 Å². The molecular weight excluding hydrogens is 262 g/mol. The second-order valence-corrected chi connectivity index (χ2v) is 4.03. The maximum Gasteiger partial charge on any atom is 0.342 e. The third-order valence-electron chi connectivity index (χ3n) is 2.70. The molecule has 0 aliphatic carbocycles. The van der Waals surface area contributed by atoms with E-state index < -0.39 is 11.8 Å². The zero-order valence-electron chi connectivity index (χ0n) is 10.0. The number of aromatic carboxylic acids is 1. The van der Waals surface area contributed by atoms with Crippen LogP contribution in [0.15, 0.2) is 30.6 Å². The van der Waals surface area contributed by atoms with Crippen LogP contribution in [-0.2, 0) is 0 Å². The molecule has 100 valence electrons. The predicted molar refractivity (Wildman–Crippen MR) is 70.0 cm³/mol. The number of rotatable bonds is 3. The number of carboxylic acids is 1. The quantitative estimate of drug-likeness (QED) is 0.569. The first-order valence-electron chi connectivity index (χ1n) is 5.63. The summed E-state index contributed by atoms with van der Waals surface area (Å²) in [6.07, 6.45) is 2.74. The molecule has 20 heavy (non-hydrogen) atoms. The standard InChI is InChI=1S/C12H9N5O3/c18-10-8(11(19)20)5-13-12(16-10)15-7-2-1-6-4-14-17-9(6)3-7/h1-5H,(H,14,17)(H,19,20)(H2,13,15,16,18). The van der Waals surface area contributed by atoms with Crippen LogP contribution < -0.4 is 5.32 Å². The molecule has 0 atom stereocenters. The molecule has 8 heteroatoms. The van der Waals surface area contributed by atoms with Gasteiger partial charge in [-0.1, -0.05) is 0 Å². The number of hydrogen-bond donors (Lipinski definition) is 4. The first-order valence-corrected chi connectivity index (χ1v) is 5.63. The molecule has 3 aromatic rings. The van der Waals surface area contributed by atoms with Crippen molar-refractivity contribution in [3.05, 3.63) is 36.2 Å². The molecule has 3 rings (SSSR count). The molecule has 0 spiro atoms. The second-order valence-electron chi connectivity index (χ2n) is 4.03. The van der Waals surface area contributed by atoms with Gasteiger partial charge in [0.2, 0.25) is 11.8 Å². The Morgan fingerprint density at radius 1 is 1.30 bits per heavy atom. The minimum absolute atomic E-state index is 0.103. The van der Waals surface area contributed by atoms with Gasteiger partial charge in [-0.15, -0.1) is 0 Å². The maximum absolute atomic E-state index is 10.7. The van der Waals surface area contributed by atoms with Gasteiger partial charge in [0.1, 0.15) is 5.56 Å². The molecule has 0 saturated heterocycles. The van der Waals surface area contributed by atoms with E-state index in [2.05, 4.69) is 25.5 Å². The highest BCUT2D eigenvalue weighted by molar-refractivity contribution is 5.89. The summed E-state index contributed by atoms with van der Waals surface area (Å²) in [4.78, 5) is 18.3. The lowest BCUT2D eigenvalue weighted by Gasteiger charge is -2.05. The van der Waals surface area contributed by atoms with Crippen LogP contribution in [-0.4, -0.2) is 36.3 Å². The molecule has 0 unspecified atom stereocenters. The third kappa shape index (κ3) is 2.09. The average molecular weight is 271 g/mol. The highest BCUT2D eigenvalue weighted by Crippen LogP contribution is 2.21. The van der Waals surface area contributed by atoms with Gasteiger partial charge in [0, 0.05) is 11.1 Å². The Hall–Kier alpha value is -3.16. The maximum atomic E-state index is 10.7. The minimum Gasteiger partial charge on any atom is -0.493 e. The van der Waals surface area contributed by atoms with Crippen molar-refractivity contribution in [1.29, 1.82) is 0 Å². The largest absolute Gasteiger partial charge is 0.493 e. The number of hydrogen-bond acceptors (Lipinski definition) is 6. The topological polar surface area (TPSA) is 124 Å². The number of carboxylic acid groups (broad SMARTS) is 1. The van der Waals surface area contributed by atoms with Crippen LogP contribution in [0.5, 0.6) is 5.88 Å². The van der Waals surface area contributed by atoms with Crippen molar-refractivity contribution in [2.75, 3.05) is 5.32 Å². The van der Waals surface area contributed by atoms with Crippen LogP contribution in [0.4, 0.5) is 11.6 Å². The molecule has 0 saturated carbocycles. The van der Waals surface area contributed by atoms with Gasteiger partial charge >= 0.3 is 5.97 Å². The average Bonchev–Trinajstić information content (AvgIpc) is 2.85. The molecule has 2 heterocycles. The second kappa shape index (κ2) is 4.50. The molecule has 0 amide bonds. The predicted octanol–water partition coefficient (Wildman–Crippen LogP) is 1.50. The van der Waals surface area contributed by atoms with Crippen molar-refractivity contribution >= 4 is 28.5 Å². The third-order valence-corrected chi connectivity index (χ3v) is 2.70. The summed E-state index contributed by atoms with van der Waals surface area (Å²) in [6.45, 7) is 0. The van der Waals surface area contributed by atoms with E-state index in [0.717, 1.165) is 17.1 Å². The summed E-state index contributed by atoms with van der Waals surface area (Å²) in [5, 5.41) is 28.8. The lowest BCUT2D eigenvalue weighted by Crippen LogP contribution is -2.03. The van der Waals surface area contributed by atoms with E-state index in [0.29, 0.717) is 5.69 Å². The highest BCUT2D eigenvalue weighted by Gasteiger charge is 2.12. The van der Waals surface area contributed by atoms with Crippen molar-refractivity contribution in [3.8, 4) is 5.88 Å². The molecule has 0 bridgehead atoms. The molecule has 2 aromatic heterocycles. The van der Waals surface area contributed by atoms with Gasteiger partial charge in [-0.25, -0.2) is 9.78 Å². The van der Waals surface area contributed by atoms with E-state index in [9.17, 15) is 9.90 Å². The van der Waals surface area contributed by atoms with Crippen molar-refractivity contribution in [2.24, 2.45) is 0 Å². The van der Waals surface area contributed by atoms with Crippen molar-refractivity contribution in [1.82, 2.24) is 20.2 Å². The van der Waals surface area contributed by atoms with E-state index >= 15 is 0 Å². The summed E-state index contributed by atoms with van der Waals surface area (Å²) < 4.78 is 0. The lowest BCUT2D eigenvalue weighted by molar-refractivity contribution is 0.0692. The van der Waals surface area contributed by atoms with E-state index in [1.807, 2.05) is 6.07 Å². The Morgan fingerprint density at radius 3 is 2.90 bits per heavy atom. The summed E-state index contributed by atoms with van der Waals surface area (Å²) in [5.74, 6) is -1.77. The number of carbonyl (C=O) groups is 1. The first kappa shape index (κ1) is 11.9. The van der Waals surface area contributed by atoms with Crippen molar-refractivity contribution in [3.63, 3.8) is 0 Å². The Morgan fingerprint density at radius 2 is 2.15 bits per heavy atom. The molecule has 0 aliphatic rings. The summed E-state index contributed by atoms with van der Waals surface area (Å²) in [7, 11) is 0. The SMILES string of the molecule is O=C(O)c1cnc(Nc2ccc3cn[nH]c3c2)nc1O. The Bertz CT molecular complexity index is 799. The minimum atomic E-state index is -1.28. The Kier molecular flexibility index (Phi) is 2.68. The fraction of sp³-hybridized carbons (Fsp3) is 0. The van der Waals surface area contributed by atoms with E-state index in [-0.39, 0.29) is 11.5 Å². The molecule has 8 nitrogen and oxygen atoms in total. The molecule has 0 aliphatic heterocycles. The number of nitrogens with zero attached hydrogens (tertiary/aromatic N) is 3. The lowest BCUT2D eigenvalue weighted by atomic mass is 10.2. The van der Waals surface area contributed by atoms with Gasteiger partial charge in [0.25, 0.3) is 0 Å². The number of aromatic amines is 1. The number of H-pyrrole nitrogens is 1. The number of nitrogens with one attached hydrogen (secondary N) is 2. The molecule has 1 aromatic carbocycles. The van der Waals surface area contributed by atoms with Crippen molar-refractivity contribution in [2.45, 2.75) is 0 Å². The molecule has 4 N–H and O–H groups in total. The molecule has 0 fully saturated rings. The summed E-state index contributed by atoms with van der Waals surface area (Å²) in [5.41, 5.74) is 1.17. The number of anilines is 2. The first-order chi connectivity index (χ1) is 9.63. The van der Waals surface area contributed by atoms with Crippen LogP contribution >= 0.6 is 0 Å². The fourth-order valence-corrected chi connectivity index (χ4v) is 1.73. The van der Waals surface area contributed by atoms with E-state index in [1.165, 1.54) is 0 Å². The van der Waals surface area contributed by atoms with Crippen LogP contribution in [0, 0.1) is 0 Å². The normalized spacial score (nSPS) is 10.6. The smallest absolute Gasteiger partial charge is 0.342 e. The van der Waals surface area contributed by atoms with Gasteiger partial charge < -0.3 is 15.5 Å². The van der Waals surface area contributed by atoms with Crippen LogP contribution in [0.1, 0.15) is 10.4 Å². The highest BCUT2D eigenvalue weighted by atomic mass is 16.4.